The van der Waals surface area contributed by atoms with Crippen molar-refractivity contribution in [1.82, 2.24) is 20.1 Å². The molecule has 0 aliphatic rings. The van der Waals surface area contributed by atoms with Gasteiger partial charge in [-0.15, -0.1) is 0 Å². The molecule has 0 fully saturated rings. The Morgan fingerprint density at radius 1 is 1.17 bits per heavy atom. The van der Waals surface area contributed by atoms with Crippen molar-refractivity contribution >= 4 is 11.9 Å². The molecular formula is C16H20N4O3. The number of methoxy groups -OCH3 is 1. The number of carbonyl (C=O) groups excluding carboxylic acids is 2. The number of aromatic nitrogens is 3. The van der Waals surface area contributed by atoms with Gasteiger partial charge < -0.3 is 10.1 Å². The molecule has 23 heavy (non-hydrogen) atoms. The van der Waals surface area contributed by atoms with Gasteiger partial charge in [0.1, 0.15) is 12.7 Å². The quantitative estimate of drug-likeness (QED) is 0.592. The highest BCUT2D eigenvalue weighted by Gasteiger charge is 2.06. The number of ether oxygens (including phenoxy) is 1. The van der Waals surface area contributed by atoms with Gasteiger partial charge >= 0.3 is 5.97 Å². The Balaban J connectivity index is 1.70. The highest BCUT2D eigenvalue weighted by molar-refractivity contribution is 5.94. The van der Waals surface area contributed by atoms with E-state index in [1.165, 1.54) is 13.4 Å². The maximum atomic E-state index is 12.0. The Labute approximate surface area is 134 Å². The van der Waals surface area contributed by atoms with Crippen molar-refractivity contribution in [2.45, 2.75) is 25.7 Å². The van der Waals surface area contributed by atoms with Crippen LogP contribution in [0.15, 0.2) is 36.9 Å². The van der Waals surface area contributed by atoms with Gasteiger partial charge in [0.15, 0.2) is 0 Å². The summed E-state index contributed by atoms with van der Waals surface area (Å²) in [5, 5.41) is 6.90. The molecule has 0 bridgehead atoms. The molecule has 0 atom stereocenters. The fourth-order valence-electron chi connectivity index (χ4n) is 2.08. The molecule has 0 aliphatic heterocycles. The van der Waals surface area contributed by atoms with Crippen molar-refractivity contribution in [2.75, 3.05) is 13.7 Å². The lowest BCUT2D eigenvalue weighted by atomic mass is 10.1. The number of nitrogens with one attached hydrogen (secondary N) is 1. The molecule has 1 heterocycles. The van der Waals surface area contributed by atoms with Crippen molar-refractivity contribution in [3.05, 3.63) is 42.5 Å². The Morgan fingerprint density at radius 3 is 2.61 bits per heavy atom. The predicted octanol–water partition coefficient (Wildman–Crippen LogP) is 1.73. The molecule has 1 aromatic heterocycles. The van der Waals surface area contributed by atoms with Gasteiger partial charge in [-0.25, -0.2) is 9.67 Å². The topological polar surface area (TPSA) is 86.1 Å². The van der Waals surface area contributed by atoms with Gasteiger partial charge in [0.25, 0.3) is 5.91 Å². The summed E-state index contributed by atoms with van der Waals surface area (Å²) in [6.45, 7) is 0.588. The van der Waals surface area contributed by atoms with Crippen LogP contribution in [0.25, 0.3) is 5.69 Å². The summed E-state index contributed by atoms with van der Waals surface area (Å²) in [5.74, 6) is -0.301. The molecule has 1 N–H and O–H groups in total. The number of carbonyl (C=O) groups is 2. The lowest BCUT2D eigenvalue weighted by molar-refractivity contribution is -0.140. The number of benzene rings is 1. The van der Waals surface area contributed by atoms with Gasteiger partial charge in [-0.2, -0.15) is 5.10 Å². The van der Waals surface area contributed by atoms with E-state index in [1.54, 1.807) is 23.1 Å². The molecule has 0 saturated carbocycles. The van der Waals surface area contributed by atoms with Gasteiger partial charge in [0, 0.05) is 18.5 Å². The van der Waals surface area contributed by atoms with E-state index in [-0.39, 0.29) is 11.9 Å². The van der Waals surface area contributed by atoms with E-state index in [0.717, 1.165) is 24.9 Å². The molecule has 7 heteroatoms. The van der Waals surface area contributed by atoms with E-state index >= 15 is 0 Å². The minimum Gasteiger partial charge on any atom is -0.469 e. The number of hydrogen-bond donors (Lipinski definition) is 1. The Morgan fingerprint density at radius 2 is 1.96 bits per heavy atom. The van der Waals surface area contributed by atoms with Crippen molar-refractivity contribution in [2.24, 2.45) is 0 Å². The van der Waals surface area contributed by atoms with Crippen LogP contribution in [0.5, 0.6) is 0 Å². The molecule has 1 aromatic carbocycles. The standard InChI is InChI=1S/C16H20N4O3/c1-23-15(21)5-3-2-4-10-18-16(22)13-6-8-14(9-7-13)20-12-17-11-19-20/h6-9,11-12H,2-5,10H2,1H3,(H,18,22). The van der Waals surface area contributed by atoms with Gasteiger partial charge in [-0.1, -0.05) is 6.42 Å². The first-order chi connectivity index (χ1) is 11.2. The average Bonchev–Trinajstić information content (AvgIpc) is 3.12. The minimum atomic E-state index is -0.193. The zero-order valence-electron chi connectivity index (χ0n) is 13.1. The average molecular weight is 316 g/mol. The summed E-state index contributed by atoms with van der Waals surface area (Å²) in [7, 11) is 1.39. The highest BCUT2D eigenvalue weighted by Crippen LogP contribution is 2.08. The normalized spacial score (nSPS) is 10.3. The molecule has 1 amide bonds. The van der Waals surface area contributed by atoms with Crippen LogP contribution >= 0.6 is 0 Å². The molecular weight excluding hydrogens is 296 g/mol. The molecule has 0 aliphatic carbocycles. The van der Waals surface area contributed by atoms with Gasteiger partial charge in [-0.05, 0) is 37.1 Å². The molecule has 2 aromatic rings. The second-order valence-electron chi connectivity index (χ2n) is 5.03. The first kappa shape index (κ1) is 16.7. The Bertz CT molecular complexity index is 623. The van der Waals surface area contributed by atoms with Crippen LogP contribution in [0.3, 0.4) is 0 Å². The van der Waals surface area contributed by atoms with Gasteiger partial charge in [0.05, 0.1) is 12.8 Å². The largest absolute Gasteiger partial charge is 0.469 e. The number of nitrogens with zero attached hydrogens (tertiary/aromatic N) is 3. The van der Waals surface area contributed by atoms with E-state index in [0.29, 0.717) is 18.5 Å². The SMILES string of the molecule is COC(=O)CCCCCNC(=O)c1ccc(-n2cncn2)cc1. The second-order valence-corrected chi connectivity index (χ2v) is 5.03. The third-order valence-electron chi connectivity index (χ3n) is 3.38. The van der Waals surface area contributed by atoms with Crippen molar-refractivity contribution < 1.29 is 14.3 Å². The summed E-state index contributed by atoms with van der Waals surface area (Å²) < 4.78 is 6.20. The minimum absolute atomic E-state index is 0.108. The molecule has 0 spiro atoms. The van der Waals surface area contributed by atoms with Crippen molar-refractivity contribution in [3.63, 3.8) is 0 Å². The van der Waals surface area contributed by atoms with Crippen LogP contribution in [0.2, 0.25) is 0 Å². The van der Waals surface area contributed by atoms with Crippen LogP contribution in [0, 0.1) is 0 Å². The number of hydrogen-bond acceptors (Lipinski definition) is 5. The van der Waals surface area contributed by atoms with Crippen LogP contribution in [-0.2, 0) is 9.53 Å². The Kier molecular flexibility index (Phi) is 6.28. The van der Waals surface area contributed by atoms with Crippen molar-refractivity contribution in [3.8, 4) is 5.69 Å². The first-order valence-corrected chi connectivity index (χ1v) is 7.51. The molecule has 0 radical (unpaired) electrons. The fourth-order valence-corrected chi connectivity index (χ4v) is 2.08. The number of unbranched alkanes of at least 4 members (excludes halogenated alkanes) is 2. The van der Waals surface area contributed by atoms with E-state index < -0.39 is 0 Å². The predicted molar refractivity (Wildman–Crippen MR) is 84.2 cm³/mol. The number of amides is 1. The summed E-state index contributed by atoms with van der Waals surface area (Å²) >= 11 is 0. The molecule has 2 rings (SSSR count). The first-order valence-electron chi connectivity index (χ1n) is 7.51. The van der Waals surface area contributed by atoms with Crippen molar-refractivity contribution in [1.29, 1.82) is 0 Å². The van der Waals surface area contributed by atoms with Crippen LogP contribution in [0.4, 0.5) is 0 Å². The maximum absolute atomic E-state index is 12.0. The fraction of sp³-hybridized carbons (Fsp3) is 0.375. The number of esters is 1. The van der Waals surface area contributed by atoms with E-state index in [9.17, 15) is 9.59 Å². The summed E-state index contributed by atoms with van der Waals surface area (Å²) in [6.07, 6.45) is 5.97. The third kappa shape index (κ3) is 5.21. The highest BCUT2D eigenvalue weighted by atomic mass is 16.5. The van der Waals surface area contributed by atoms with Gasteiger partial charge in [-0.3, -0.25) is 9.59 Å². The maximum Gasteiger partial charge on any atom is 0.305 e. The lowest BCUT2D eigenvalue weighted by Crippen LogP contribution is -2.24. The van der Waals surface area contributed by atoms with Gasteiger partial charge in [0.2, 0.25) is 0 Å². The molecule has 0 unspecified atom stereocenters. The third-order valence-corrected chi connectivity index (χ3v) is 3.38. The van der Waals surface area contributed by atoms with E-state index in [1.807, 2.05) is 12.1 Å². The number of rotatable bonds is 8. The van der Waals surface area contributed by atoms with Crippen LogP contribution in [-0.4, -0.2) is 40.3 Å². The lowest BCUT2D eigenvalue weighted by Gasteiger charge is -2.06. The zero-order valence-corrected chi connectivity index (χ0v) is 13.1. The van der Waals surface area contributed by atoms with Crippen LogP contribution in [0.1, 0.15) is 36.0 Å². The molecule has 0 saturated heterocycles. The monoisotopic (exact) mass is 316 g/mol. The molecule has 7 nitrogen and oxygen atoms in total. The van der Waals surface area contributed by atoms with E-state index in [2.05, 4.69) is 20.1 Å². The van der Waals surface area contributed by atoms with E-state index in [4.69, 9.17) is 0 Å². The Hall–Kier alpha value is -2.70. The summed E-state index contributed by atoms with van der Waals surface area (Å²) in [5.41, 5.74) is 1.45. The smallest absolute Gasteiger partial charge is 0.305 e. The molecule has 122 valence electrons. The zero-order chi connectivity index (χ0) is 16.5. The van der Waals surface area contributed by atoms with Crippen LogP contribution < -0.4 is 5.32 Å². The second kappa shape index (κ2) is 8.67. The summed E-state index contributed by atoms with van der Waals surface area (Å²) in [4.78, 5) is 26.8. The summed E-state index contributed by atoms with van der Waals surface area (Å²) in [6, 6.07) is 7.15.